The van der Waals surface area contributed by atoms with Crippen molar-refractivity contribution in [1.82, 2.24) is 0 Å². The molecule has 1 heterocycles. The van der Waals surface area contributed by atoms with Crippen LogP contribution in [0.3, 0.4) is 0 Å². The minimum absolute atomic E-state index is 0.559. The van der Waals surface area contributed by atoms with E-state index < -0.39 is 11.1 Å². The number of halogens is 3. The van der Waals surface area contributed by atoms with E-state index in [1.54, 1.807) is 6.08 Å². The Kier molecular flexibility index (Phi) is 4.00. The second-order valence-corrected chi connectivity index (χ2v) is 6.48. The summed E-state index contributed by atoms with van der Waals surface area (Å²) in [6.45, 7) is 0. The minimum Gasteiger partial charge on any atom is -0.388 e. The number of rotatable bonds is 4. The minimum atomic E-state index is -4.27. The molecule has 116 valence electrons. The predicted molar refractivity (Wildman–Crippen MR) is 86.2 cm³/mol. The van der Waals surface area contributed by atoms with Crippen molar-refractivity contribution in [2.45, 2.75) is 24.9 Å². The van der Waals surface area contributed by atoms with Gasteiger partial charge < -0.3 is 5.32 Å². The number of anilines is 1. The smallest absolute Gasteiger partial charge is 0.388 e. The number of alkyl halides is 3. The maximum atomic E-state index is 12.6. The molecule has 0 aliphatic heterocycles. The highest BCUT2D eigenvalue weighted by atomic mass is 32.1. The van der Waals surface area contributed by atoms with Crippen LogP contribution in [0.2, 0.25) is 0 Å². The van der Waals surface area contributed by atoms with Gasteiger partial charge in [-0.05, 0) is 48.6 Å². The van der Waals surface area contributed by atoms with Crippen molar-refractivity contribution in [2.75, 3.05) is 12.4 Å². The molecule has 0 amide bonds. The molecule has 1 saturated carbocycles. The third-order valence-corrected chi connectivity index (χ3v) is 4.84. The first kappa shape index (κ1) is 15.2. The van der Waals surface area contributed by atoms with Crippen molar-refractivity contribution in [3.05, 3.63) is 51.2 Å². The topological polar surface area (TPSA) is 12.0 Å². The van der Waals surface area contributed by atoms with Crippen LogP contribution in [0, 0.1) is 0 Å². The predicted octanol–water partition coefficient (Wildman–Crippen LogP) is 5.86. The number of thiophene rings is 1. The molecule has 0 unspecified atom stereocenters. The van der Waals surface area contributed by atoms with Crippen LogP contribution in [0.4, 0.5) is 18.9 Å². The van der Waals surface area contributed by atoms with Crippen molar-refractivity contribution in [3.8, 4) is 0 Å². The Morgan fingerprint density at radius 1 is 1.14 bits per heavy atom. The van der Waals surface area contributed by atoms with E-state index in [-0.39, 0.29) is 0 Å². The number of nitrogens with one attached hydrogen (secondary N) is 1. The van der Waals surface area contributed by atoms with Crippen LogP contribution < -0.4 is 5.32 Å². The lowest BCUT2D eigenvalue weighted by molar-refractivity contribution is -0.134. The van der Waals surface area contributed by atoms with Crippen molar-refractivity contribution in [3.63, 3.8) is 0 Å². The number of hydrogen-bond acceptors (Lipinski definition) is 2. The molecule has 1 nitrogen and oxygen atoms in total. The summed E-state index contributed by atoms with van der Waals surface area (Å²) in [4.78, 5) is 0.0523. The standard InChI is InChI=1S/C17H16F3NS/c1-21-15-4-2-3-13(11-5-6-11)14(15)9-7-12-8-10-16(22-12)17(18,19)20/h2-4,7-11,21H,5-6H2,1H3/b9-7+. The highest BCUT2D eigenvalue weighted by Gasteiger charge is 2.32. The second kappa shape index (κ2) is 5.80. The van der Waals surface area contributed by atoms with Crippen LogP contribution in [0.25, 0.3) is 12.2 Å². The molecule has 3 rings (SSSR count). The van der Waals surface area contributed by atoms with Crippen LogP contribution in [-0.2, 0) is 6.18 Å². The first-order chi connectivity index (χ1) is 10.5. The van der Waals surface area contributed by atoms with Gasteiger partial charge in [-0.2, -0.15) is 13.2 Å². The molecule has 0 bridgehead atoms. The molecule has 0 radical (unpaired) electrons. The van der Waals surface area contributed by atoms with E-state index in [0.717, 1.165) is 28.7 Å². The second-order valence-electron chi connectivity index (χ2n) is 5.37. The summed E-state index contributed by atoms with van der Waals surface area (Å²) in [6.07, 6.45) is 1.79. The van der Waals surface area contributed by atoms with E-state index in [0.29, 0.717) is 10.8 Å². The molecule has 1 aromatic carbocycles. The van der Waals surface area contributed by atoms with E-state index in [4.69, 9.17) is 0 Å². The van der Waals surface area contributed by atoms with Gasteiger partial charge in [0.1, 0.15) is 4.88 Å². The van der Waals surface area contributed by atoms with Gasteiger partial charge in [-0.15, -0.1) is 11.3 Å². The molecule has 1 aliphatic rings. The number of benzene rings is 1. The molecule has 0 spiro atoms. The highest BCUT2D eigenvalue weighted by Crippen LogP contribution is 2.44. The summed E-state index contributed by atoms with van der Waals surface area (Å²) in [5.74, 6) is 0.585. The Balaban J connectivity index is 1.90. The summed E-state index contributed by atoms with van der Waals surface area (Å²) in [5, 5.41) is 3.16. The summed E-state index contributed by atoms with van der Waals surface area (Å²) < 4.78 is 37.9. The Morgan fingerprint density at radius 2 is 1.91 bits per heavy atom. The van der Waals surface area contributed by atoms with E-state index in [1.807, 2.05) is 25.3 Å². The average Bonchev–Trinajstić information content (AvgIpc) is 3.21. The van der Waals surface area contributed by atoms with Gasteiger partial charge >= 0.3 is 6.18 Å². The van der Waals surface area contributed by atoms with Gasteiger partial charge in [-0.25, -0.2) is 0 Å². The molecule has 1 aliphatic carbocycles. The third kappa shape index (κ3) is 3.19. The molecular weight excluding hydrogens is 307 g/mol. The average molecular weight is 323 g/mol. The van der Waals surface area contributed by atoms with Gasteiger partial charge in [0.2, 0.25) is 0 Å². The zero-order valence-corrected chi connectivity index (χ0v) is 12.9. The first-order valence-electron chi connectivity index (χ1n) is 7.15. The van der Waals surface area contributed by atoms with Crippen LogP contribution in [-0.4, -0.2) is 7.05 Å². The van der Waals surface area contributed by atoms with E-state index in [9.17, 15) is 13.2 Å². The zero-order chi connectivity index (χ0) is 15.7. The van der Waals surface area contributed by atoms with Gasteiger partial charge in [0.15, 0.2) is 0 Å². The maximum Gasteiger partial charge on any atom is 0.425 e. The van der Waals surface area contributed by atoms with Crippen molar-refractivity contribution < 1.29 is 13.2 Å². The van der Waals surface area contributed by atoms with Crippen molar-refractivity contribution in [1.29, 1.82) is 0 Å². The monoisotopic (exact) mass is 323 g/mol. The fourth-order valence-corrected chi connectivity index (χ4v) is 3.28. The largest absolute Gasteiger partial charge is 0.425 e. The SMILES string of the molecule is CNc1cccc(C2CC2)c1/C=C/c1ccc(C(F)(F)F)s1. The molecule has 0 saturated heterocycles. The molecule has 5 heteroatoms. The van der Waals surface area contributed by atoms with Gasteiger partial charge in [-0.1, -0.05) is 18.2 Å². The van der Waals surface area contributed by atoms with E-state index in [2.05, 4.69) is 11.4 Å². The molecule has 1 aromatic heterocycles. The maximum absolute atomic E-state index is 12.6. The fourth-order valence-electron chi connectivity index (χ4n) is 2.50. The molecule has 1 fully saturated rings. The molecule has 2 aromatic rings. The fraction of sp³-hybridized carbons (Fsp3) is 0.294. The normalized spacial score (nSPS) is 15.5. The van der Waals surface area contributed by atoms with Crippen LogP contribution in [0.15, 0.2) is 30.3 Å². The zero-order valence-electron chi connectivity index (χ0n) is 12.1. The molecule has 0 atom stereocenters. The highest BCUT2D eigenvalue weighted by molar-refractivity contribution is 7.13. The van der Waals surface area contributed by atoms with Gasteiger partial charge in [0, 0.05) is 23.2 Å². The Labute approximate surface area is 131 Å². The molecular formula is C17H16F3NS. The van der Waals surface area contributed by atoms with Gasteiger partial charge in [-0.3, -0.25) is 0 Å². The molecule has 22 heavy (non-hydrogen) atoms. The van der Waals surface area contributed by atoms with Gasteiger partial charge in [0.25, 0.3) is 0 Å². The lowest BCUT2D eigenvalue weighted by Gasteiger charge is -2.10. The Hall–Kier alpha value is -1.75. The van der Waals surface area contributed by atoms with Gasteiger partial charge in [0.05, 0.1) is 0 Å². The summed E-state index contributed by atoms with van der Waals surface area (Å²) in [7, 11) is 1.86. The molecule has 1 N–H and O–H groups in total. The van der Waals surface area contributed by atoms with E-state index >= 15 is 0 Å². The van der Waals surface area contributed by atoms with Crippen LogP contribution >= 0.6 is 11.3 Å². The van der Waals surface area contributed by atoms with Crippen LogP contribution in [0.5, 0.6) is 0 Å². The lowest BCUT2D eigenvalue weighted by Crippen LogP contribution is -2.00. The summed E-state index contributed by atoms with van der Waals surface area (Å²) >= 11 is 0.770. The third-order valence-electron chi connectivity index (χ3n) is 3.75. The lowest BCUT2D eigenvalue weighted by atomic mass is 10.0. The van der Waals surface area contributed by atoms with Crippen molar-refractivity contribution >= 4 is 29.2 Å². The number of hydrogen-bond donors (Lipinski definition) is 1. The Morgan fingerprint density at radius 3 is 2.50 bits per heavy atom. The summed E-state index contributed by atoms with van der Waals surface area (Å²) in [6, 6.07) is 8.76. The van der Waals surface area contributed by atoms with E-state index in [1.165, 1.54) is 24.5 Å². The quantitative estimate of drug-likeness (QED) is 0.743. The summed E-state index contributed by atoms with van der Waals surface area (Å²) in [5.41, 5.74) is 3.36. The van der Waals surface area contributed by atoms with Crippen LogP contribution in [0.1, 0.15) is 39.6 Å². The Bertz CT molecular complexity index is 696. The first-order valence-corrected chi connectivity index (χ1v) is 7.96. The van der Waals surface area contributed by atoms with Crippen molar-refractivity contribution in [2.24, 2.45) is 0 Å².